The highest BCUT2D eigenvalue weighted by Crippen LogP contribution is 2.01. The Kier molecular flexibility index (Phi) is 4.43. The number of aromatic carboxylic acids is 1. The third-order valence-corrected chi connectivity index (χ3v) is 2.42. The summed E-state index contributed by atoms with van der Waals surface area (Å²) in [6.45, 7) is 2.28. The summed E-state index contributed by atoms with van der Waals surface area (Å²) in [7, 11) is 3.45. The number of aromatic amines is 1. The lowest BCUT2D eigenvalue weighted by atomic mass is 10.2. The standard InChI is InChI=1S/C11H17N3O4/c1-4-5-14-9(15)7(6-13(2)3)8(10(16)17)12-11(14)18/h4-6H2,1-3H3,(H,12,18)(H,16,17). The molecule has 1 heterocycles. The van der Waals surface area contributed by atoms with Crippen LogP contribution >= 0.6 is 0 Å². The molecular weight excluding hydrogens is 238 g/mol. The Morgan fingerprint density at radius 3 is 2.44 bits per heavy atom. The van der Waals surface area contributed by atoms with Crippen LogP contribution in [0.3, 0.4) is 0 Å². The molecule has 0 saturated heterocycles. The summed E-state index contributed by atoms with van der Waals surface area (Å²) in [6, 6.07) is 0. The molecule has 0 aromatic carbocycles. The smallest absolute Gasteiger partial charge is 0.352 e. The van der Waals surface area contributed by atoms with Crippen LogP contribution in [0.4, 0.5) is 0 Å². The second-order valence-electron chi connectivity index (χ2n) is 4.28. The van der Waals surface area contributed by atoms with Crippen molar-refractivity contribution >= 4 is 5.97 Å². The third-order valence-electron chi connectivity index (χ3n) is 2.42. The van der Waals surface area contributed by atoms with E-state index in [-0.39, 0.29) is 24.3 Å². The van der Waals surface area contributed by atoms with Gasteiger partial charge in [0, 0.05) is 13.1 Å². The van der Waals surface area contributed by atoms with Gasteiger partial charge in [-0.15, -0.1) is 0 Å². The summed E-state index contributed by atoms with van der Waals surface area (Å²) < 4.78 is 1.03. The van der Waals surface area contributed by atoms with Gasteiger partial charge in [0.15, 0.2) is 0 Å². The molecular formula is C11H17N3O4. The molecule has 0 radical (unpaired) electrons. The molecule has 2 N–H and O–H groups in total. The maximum absolute atomic E-state index is 12.1. The van der Waals surface area contributed by atoms with Gasteiger partial charge in [-0.3, -0.25) is 9.36 Å². The number of nitrogens with zero attached hydrogens (tertiary/aromatic N) is 2. The highest BCUT2D eigenvalue weighted by molar-refractivity contribution is 5.86. The summed E-state index contributed by atoms with van der Waals surface area (Å²) in [5, 5.41) is 9.01. The normalized spacial score (nSPS) is 10.9. The van der Waals surface area contributed by atoms with Crippen LogP contribution in [0.1, 0.15) is 29.4 Å². The monoisotopic (exact) mass is 255 g/mol. The van der Waals surface area contributed by atoms with Crippen molar-refractivity contribution in [1.29, 1.82) is 0 Å². The highest BCUT2D eigenvalue weighted by Gasteiger charge is 2.18. The zero-order valence-electron chi connectivity index (χ0n) is 10.7. The fourth-order valence-corrected chi connectivity index (χ4v) is 1.68. The topological polar surface area (TPSA) is 95.4 Å². The molecule has 0 bridgehead atoms. The molecule has 0 saturated carbocycles. The molecule has 0 amide bonds. The quantitative estimate of drug-likeness (QED) is 0.753. The number of rotatable bonds is 5. The van der Waals surface area contributed by atoms with E-state index in [0.717, 1.165) is 4.57 Å². The van der Waals surface area contributed by atoms with Crippen molar-refractivity contribution in [1.82, 2.24) is 14.5 Å². The first-order valence-electron chi connectivity index (χ1n) is 5.62. The Morgan fingerprint density at radius 2 is 2.00 bits per heavy atom. The SMILES string of the molecule is CCCn1c(=O)[nH]c(C(=O)O)c(CN(C)C)c1=O. The Bertz CT molecular complexity index is 556. The second kappa shape index (κ2) is 5.63. The van der Waals surface area contributed by atoms with Crippen LogP contribution in [0.2, 0.25) is 0 Å². The molecule has 0 atom stereocenters. The van der Waals surface area contributed by atoms with Gasteiger partial charge in [0.25, 0.3) is 5.56 Å². The minimum Gasteiger partial charge on any atom is -0.477 e. The molecule has 0 fully saturated rings. The number of carboxylic acids is 1. The first-order valence-corrected chi connectivity index (χ1v) is 5.62. The molecule has 1 rings (SSSR count). The lowest BCUT2D eigenvalue weighted by molar-refractivity contribution is 0.0687. The van der Waals surface area contributed by atoms with Crippen molar-refractivity contribution < 1.29 is 9.90 Å². The molecule has 100 valence electrons. The molecule has 1 aromatic heterocycles. The van der Waals surface area contributed by atoms with Gasteiger partial charge >= 0.3 is 11.7 Å². The van der Waals surface area contributed by atoms with E-state index in [4.69, 9.17) is 5.11 Å². The molecule has 7 nitrogen and oxygen atoms in total. The van der Waals surface area contributed by atoms with E-state index < -0.39 is 17.2 Å². The first kappa shape index (κ1) is 14.2. The van der Waals surface area contributed by atoms with E-state index in [2.05, 4.69) is 4.98 Å². The summed E-state index contributed by atoms with van der Waals surface area (Å²) in [5.41, 5.74) is -1.44. The van der Waals surface area contributed by atoms with Crippen LogP contribution in [-0.4, -0.2) is 39.6 Å². The fraction of sp³-hybridized carbons (Fsp3) is 0.545. The van der Waals surface area contributed by atoms with E-state index in [1.165, 1.54) is 0 Å². The Balaban J connectivity index is 3.52. The lowest BCUT2D eigenvalue weighted by Crippen LogP contribution is -2.40. The van der Waals surface area contributed by atoms with Gasteiger partial charge in [0.2, 0.25) is 0 Å². The van der Waals surface area contributed by atoms with Crippen LogP contribution in [0, 0.1) is 0 Å². The molecule has 0 spiro atoms. The lowest BCUT2D eigenvalue weighted by Gasteiger charge is -2.13. The largest absolute Gasteiger partial charge is 0.477 e. The number of hydrogen-bond donors (Lipinski definition) is 2. The number of aromatic nitrogens is 2. The van der Waals surface area contributed by atoms with Crippen LogP contribution in [0.25, 0.3) is 0 Å². The van der Waals surface area contributed by atoms with E-state index in [1.54, 1.807) is 19.0 Å². The van der Waals surface area contributed by atoms with Crippen molar-refractivity contribution in [2.24, 2.45) is 0 Å². The molecule has 1 aromatic rings. The molecule has 18 heavy (non-hydrogen) atoms. The summed E-state index contributed by atoms with van der Waals surface area (Å²) in [4.78, 5) is 38.7. The number of carboxylic acid groups (broad SMARTS) is 1. The van der Waals surface area contributed by atoms with Gasteiger partial charge in [-0.1, -0.05) is 6.92 Å². The second-order valence-corrected chi connectivity index (χ2v) is 4.28. The molecule has 0 aliphatic heterocycles. The van der Waals surface area contributed by atoms with Crippen molar-refractivity contribution in [3.8, 4) is 0 Å². The molecule has 7 heteroatoms. The third kappa shape index (κ3) is 2.86. The predicted molar refractivity (Wildman–Crippen MR) is 66.0 cm³/mol. The van der Waals surface area contributed by atoms with Gasteiger partial charge < -0.3 is 15.0 Å². The molecule has 0 aliphatic rings. The van der Waals surface area contributed by atoms with Crippen molar-refractivity contribution in [3.63, 3.8) is 0 Å². The summed E-state index contributed by atoms with van der Waals surface area (Å²) in [5.74, 6) is -1.30. The summed E-state index contributed by atoms with van der Waals surface area (Å²) in [6.07, 6.45) is 0.622. The Labute approximate surface area is 104 Å². The summed E-state index contributed by atoms with van der Waals surface area (Å²) >= 11 is 0. The Morgan fingerprint density at radius 1 is 1.39 bits per heavy atom. The number of nitrogens with one attached hydrogen (secondary N) is 1. The zero-order chi connectivity index (χ0) is 13.9. The highest BCUT2D eigenvalue weighted by atomic mass is 16.4. The van der Waals surface area contributed by atoms with Crippen molar-refractivity contribution in [3.05, 3.63) is 32.1 Å². The fourth-order valence-electron chi connectivity index (χ4n) is 1.68. The maximum Gasteiger partial charge on any atom is 0.352 e. The van der Waals surface area contributed by atoms with Crippen LogP contribution in [-0.2, 0) is 13.1 Å². The average molecular weight is 255 g/mol. The minimum atomic E-state index is -1.30. The maximum atomic E-state index is 12.1. The van der Waals surface area contributed by atoms with Gasteiger partial charge in [-0.05, 0) is 20.5 Å². The first-order chi connectivity index (χ1) is 8.38. The van der Waals surface area contributed by atoms with E-state index in [9.17, 15) is 14.4 Å². The number of hydrogen-bond acceptors (Lipinski definition) is 4. The average Bonchev–Trinajstić information content (AvgIpc) is 2.27. The van der Waals surface area contributed by atoms with Gasteiger partial charge in [-0.2, -0.15) is 0 Å². The van der Waals surface area contributed by atoms with Gasteiger partial charge in [-0.25, -0.2) is 9.59 Å². The number of H-pyrrole nitrogens is 1. The molecule has 0 unspecified atom stereocenters. The minimum absolute atomic E-state index is 0.0977. The van der Waals surface area contributed by atoms with Gasteiger partial charge in [0.1, 0.15) is 5.69 Å². The Hall–Kier alpha value is -1.89. The number of carbonyl (C=O) groups is 1. The van der Waals surface area contributed by atoms with Crippen LogP contribution in [0.15, 0.2) is 9.59 Å². The van der Waals surface area contributed by atoms with Crippen LogP contribution in [0.5, 0.6) is 0 Å². The van der Waals surface area contributed by atoms with Gasteiger partial charge in [0.05, 0.1) is 5.56 Å². The van der Waals surface area contributed by atoms with Crippen molar-refractivity contribution in [2.45, 2.75) is 26.4 Å². The molecule has 0 aliphatic carbocycles. The predicted octanol–water partition coefficient (Wildman–Crippen LogP) is -0.294. The van der Waals surface area contributed by atoms with Crippen molar-refractivity contribution in [2.75, 3.05) is 14.1 Å². The van der Waals surface area contributed by atoms with E-state index in [1.807, 2.05) is 6.92 Å². The van der Waals surface area contributed by atoms with Crippen LogP contribution < -0.4 is 11.2 Å². The van der Waals surface area contributed by atoms with E-state index >= 15 is 0 Å². The van der Waals surface area contributed by atoms with E-state index in [0.29, 0.717) is 6.42 Å². The zero-order valence-corrected chi connectivity index (χ0v) is 10.7.